The predicted octanol–water partition coefficient (Wildman–Crippen LogP) is -3.11. The maximum Gasteiger partial charge on any atom is 1.00 e. The smallest absolute Gasteiger partial charge is 0.856 e. The molecule has 0 heterocycles. The van der Waals surface area contributed by atoms with Gasteiger partial charge in [-0.3, -0.25) is 0 Å². The molecule has 1 aromatic carbocycles. The first-order valence-electron chi connectivity index (χ1n) is 2.93. The Morgan fingerprint density at radius 1 is 1.33 bits per heavy atom. The molecule has 5 heteroatoms. The number of hydrogen-bond donors (Lipinski definition) is 2. The molecule has 4 nitrogen and oxygen atoms in total. The van der Waals surface area contributed by atoms with Crippen molar-refractivity contribution in [2.75, 3.05) is 0 Å². The van der Waals surface area contributed by atoms with Crippen LogP contribution in [0.5, 0.6) is 5.75 Å². The third-order valence-corrected chi connectivity index (χ3v) is 1.23. The molecule has 2 N–H and O–H groups in total. The van der Waals surface area contributed by atoms with E-state index < -0.39 is 5.90 Å². The maximum absolute atomic E-state index is 10.7. The van der Waals surface area contributed by atoms with E-state index >= 15 is 0 Å². The molecule has 0 fully saturated rings. The van der Waals surface area contributed by atoms with E-state index in [1.807, 2.05) is 0 Å². The van der Waals surface area contributed by atoms with Crippen LogP contribution in [0.4, 0.5) is 0 Å². The van der Waals surface area contributed by atoms with Crippen LogP contribution in [-0.2, 0) is 0 Å². The fourth-order valence-electron chi connectivity index (χ4n) is 0.708. The molecule has 1 aromatic rings. The van der Waals surface area contributed by atoms with Crippen molar-refractivity contribution in [1.29, 1.82) is 0 Å². The maximum atomic E-state index is 10.7. The van der Waals surface area contributed by atoms with Gasteiger partial charge in [0, 0.05) is 11.5 Å². The fourth-order valence-corrected chi connectivity index (χ4v) is 0.708. The summed E-state index contributed by atoms with van der Waals surface area (Å²) in [6, 6.07) is 5.86. The Bertz CT molecular complexity index is 288. The van der Waals surface area contributed by atoms with E-state index in [0.29, 0.717) is 0 Å². The number of nitrogens with zero attached hydrogens (tertiary/aromatic N) is 1. The number of hydrogen-bond acceptors (Lipinski definition) is 4. The van der Waals surface area contributed by atoms with Gasteiger partial charge in [0.1, 0.15) is 5.75 Å². The topological polar surface area (TPSA) is 75.9 Å². The molecular weight excluding hydrogens is 169 g/mol. The van der Waals surface area contributed by atoms with Gasteiger partial charge in [0.2, 0.25) is 0 Å². The molecule has 1 rings (SSSR count). The largest absolute Gasteiger partial charge is 1.00 e. The van der Waals surface area contributed by atoms with Gasteiger partial charge in [-0.1, -0.05) is 18.2 Å². The Labute approximate surface area is 91.4 Å². The number of oxime groups is 1. The molecule has 0 amide bonds. The van der Waals surface area contributed by atoms with Crippen molar-refractivity contribution in [3.8, 4) is 5.75 Å². The molecule has 0 aliphatic carbocycles. The van der Waals surface area contributed by atoms with E-state index in [-0.39, 0.29) is 40.9 Å². The SMILES string of the molecule is [Na+].[O-]C(=NO)c1ccccc1O. The minimum absolute atomic E-state index is 0. The van der Waals surface area contributed by atoms with Crippen LogP contribution >= 0.6 is 0 Å². The minimum atomic E-state index is -0.844. The molecule has 0 saturated heterocycles. The minimum Gasteiger partial charge on any atom is -0.856 e. The molecule has 0 radical (unpaired) electrons. The second kappa shape index (κ2) is 5.03. The van der Waals surface area contributed by atoms with Crippen LogP contribution in [0, 0.1) is 0 Å². The van der Waals surface area contributed by atoms with E-state index in [9.17, 15) is 5.11 Å². The Hall–Kier alpha value is -0.710. The van der Waals surface area contributed by atoms with Crippen LogP contribution in [0.3, 0.4) is 0 Å². The zero-order valence-corrected chi connectivity index (χ0v) is 8.56. The molecule has 58 valence electrons. The van der Waals surface area contributed by atoms with Crippen molar-refractivity contribution in [2.45, 2.75) is 0 Å². The van der Waals surface area contributed by atoms with Gasteiger partial charge < -0.3 is 15.4 Å². The van der Waals surface area contributed by atoms with Gasteiger partial charge in [0.25, 0.3) is 0 Å². The van der Waals surface area contributed by atoms with Crippen LogP contribution in [0.1, 0.15) is 5.56 Å². The zero-order valence-electron chi connectivity index (χ0n) is 6.56. The van der Waals surface area contributed by atoms with Gasteiger partial charge >= 0.3 is 29.6 Å². The third kappa shape index (κ3) is 2.41. The van der Waals surface area contributed by atoms with E-state index in [0.717, 1.165) is 0 Å². The van der Waals surface area contributed by atoms with E-state index in [2.05, 4.69) is 5.16 Å². The predicted molar refractivity (Wildman–Crippen MR) is 36.4 cm³/mol. The van der Waals surface area contributed by atoms with Gasteiger partial charge in [-0.25, -0.2) is 0 Å². The van der Waals surface area contributed by atoms with Gasteiger partial charge in [-0.15, -0.1) is 5.16 Å². The molecular formula is C7H6NNaO3. The summed E-state index contributed by atoms with van der Waals surface area (Å²) in [5, 5.41) is 30.2. The van der Waals surface area contributed by atoms with Crippen molar-refractivity contribution in [2.24, 2.45) is 5.16 Å². The van der Waals surface area contributed by atoms with Gasteiger partial charge in [-0.2, -0.15) is 0 Å². The summed E-state index contributed by atoms with van der Waals surface area (Å²) in [5.41, 5.74) is -0.00463. The number of phenolic OH excluding ortho intramolecular Hbond substituents is 1. The summed E-state index contributed by atoms with van der Waals surface area (Å²) >= 11 is 0. The second-order valence-corrected chi connectivity index (χ2v) is 1.92. The number of aromatic hydroxyl groups is 1. The molecule has 0 aliphatic rings. The summed E-state index contributed by atoms with van der Waals surface area (Å²) in [6.45, 7) is 0. The van der Waals surface area contributed by atoms with Gasteiger partial charge in [0.15, 0.2) is 0 Å². The molecule has 0 spiro atoms. The van der Waals surface area contributed by atoms with E-state index in [1.165, 1.54) is 12.1 Å². The van der Waals surface area contributed by atoms with Crippen molar-refractivity contribution < 1.29 is 45.0 Å². The first-order chi connectivity index (χ1) is 5.25. The van der Waals surface area contributed by atoms with Crippen LogP contribution in [0.15, 0.2) is 29.4 Å². The average Bonchev–Trinajstić information content (AvgIpc) is 2.04. The number of rotatable bonds is 1. The summed E-state index contributed by atoms with van der Waals surface area (Å²) in [4.78, 5) is 0. The molecule has 0 bridgehead atoms. The molecule has 0 aromatic heterocycles. The monoisotopic (exact) mass is 175 g/mol. The van der Waals surface area contributed by atoms with Crippen LogP contribution in [-0.4, -0.2) is 16.2 Å². The Morgan fingerprint density at radius 3 is 2.42 bits per heavy atom. The number of phenols is 1. The normalized spacial score (nSPS) is 10.5. The Morgan fingerprint density at radius 2 is 1.92 bits per heavy atom. The van der Waals surface area contributed by atoms with Crippen LogP contribution in [0.25, 0.3) is 0 Å². The van der Waals surface area contributed by atoms with Crippen molar-refractivity contribution >= 4 is 5.90 Å². The fraction of sp³-hybridized carbons (Fsp3) is 0. The first-order valence-corrected chi connectivity index (χ1v) is 2.93. The Kier molecular flexibility index (Phi) is 4.73. The summed E-state index contributed by atoms with van der Waals surface area (Å²) < 4.78 is 0. The van der Waals surface area contributed by atoms with Gasteiger partial charge in [0.05, 0.1) is 0 Å². The Balaban J connectivity index is 0.00000121. The third-order valence-electron chi connectivity index (χ3n) is 1.23. The molecule has 0 unspecified atom stereocenters. The standard InChI is InChI=1S/C7H7NO3.Na/c9-6-4-2-1-3-5(6)7(10)8-11;/h1-4,9,11H,(H,8,10);/q;+1/p-1. The second-order valence-electron chi connectivity index (χ2n) is 1.92. The quantitative estimate of drug-likeness (QED) is 0.156. The van der Waals surface area contributed by atoms with Crippen molar-refractivity contribution in [1.82, 2.24) is 0 Å². The van der Waals surface area contributed by atoms with E-state index in [4.69, 9.17) is 10.3 Å². The van der Waals surface area contributed by atoms with E-state index in [1.54, 1.807) is 12.1 Å². The summed E-state index contributed by atoms with van der Waals surface area (Å²) in [5.74, 6) is -1.03. The zero-order chi connectivity index (χ0) is 8.27. The summed E-state index contributed by atoms with van der Waals surface area (Å²) in [6.07, 6.45) is 0. The van der Waals surface area contributed by atoms with Crippen LogP contribution in [0.2, 0.25) is 0 Å². The first kappa shape index (κ1) is 11.3. The molecule has 0 atom stereocenters. The van der Waals surface area contributed by atoms with Crippen molar-refractivity contribution in [3.05, 3.63) is 29.8 Å². The number of benzene rings is 1. The summed E-state index contributed by atoms with van der Waals surface area (Å²) in [7, 11) is 0. The average molecular weight is 175 g/mol. The molecule has 0 aliphatic heterocycles. The van der Waals surface area contributed by atoms with Crippen LogP contribution < -0.4 is 34.7 Å². The molecule has 12 heavy (non-hydrogen) atoms. The van der Waals surface area contributed by atoms with Crippen molar-refractivity contribution in [3.63, 3.8) is 0 Å². The van der Waals surface area contributed by atoms with Gasteiger partial charge in [-0.05, 0) is 6.07 Å². The number of para-hydroxylation sites is 1. The molecule has 0 saturated carbocycles.